The van der Waals surface area contributed by atoms with Crippen molar-refractivity contribution in [3.63, 3.8) is 0 Å². The lowest BCUT2D eigenvalue weighted by molar-refractivity contribution is 0.538. The van der Waals surface area contributed by atoms with E-state index in [2.05, 4.69) is 11.0 Å². The van der Waals surface area contributed by atoms with Gasteiger partial charge in [-0.1, -0.05) is 24.3 Å². The Balaban J connectivity index is 0.00000182. The standard InChI is InChI=1S/C20H21N3O.ClH/c1-14-18(22-20(24-14)15-7-3-2-4-8-15)13-23-12-6-9-16-17(21)10-5-11-19(16)23;/h2-5,7-8,10-11H,6,9,12-13,21H2,1H3;1H. The molecule has 3 aromatic rings. The SMILES string of the molecule is Cc1oc(-c2ccccc2)nc1CN1CCCc2c(N)cccc21.Cl. The molecule has 1 aliphatic heterocycles. The third-order valence-electron chi connectivity index (χ3n) is 4.64. The summed E-state index contributed by atoms with van der Waals surface area (Å²) < 4.78 is 5.89. The van der Waals surface area contributed by atoms with Crippen LogP contribution in [0.3, 0.4) is 0 Å². The molecule has 0 amide bonds. The van der Waals surface area contributed by atoms with Crippen molar-refractivity contribution in [3.05, 3.63) is 65.5 Å². The van der Waals surface area contributed by atoms with Crippen molar-refractivity contribution < 1.29 is 4.42 Å². The Kier molecular flexibility index (Phi) is 5.00. The van der Waals surface area contributed by atoms with Crippen molar-refractivity contribution in [2.45, 2.75) is 26.3 Å². The highest BCUT2D eigenvalue weighted by molar-refractivity contribution is 5.85. The summed E-state index contributed by atoms with van der Waals surface area (Å²) in [5, 5.41) is 0. The van der Waals surface area contributed by atoms with Crippen LogP contribution in [0.4, 0.5) is 11.4 Å². The third kappa shape index (κ3) is 3.35. The average molecular weight is 356 g/mol. The van der Waals surface area contributed by atoms with Crippen LogP contribution < -0.4 is 10.6 Å². The number of hydrogen-bond acceptors (Lipinski definition) is 4. The predicted molar refractivity (Wildman–Crippen MR) is 104 cm³/mol. The number of aryl methyl sites for hydroxylation is 1. The summed E-state index contributed by atoms with van der Waals surface area (Å²) in [6.07, 6.45) is 2.16. The summed E-state index contributed by atoms with van der Waals surface area (Å²) in [5.41, 5.74) is 11.5. The number of benzene rings is 2. The van der Waals surface area contributed by atoms with E-state index in [0.717, 1.165) is 48.6 Å². The number of rotatable bonds is 3. The number of nitrogens with two attached hydrogens (primary N) is 1. The minimum atomic E-state index is 0. The van der Waals surface area contributed by atoms with E-state index < -0.39 is 0 Å². The van der Waals surface area contributed by atoms with Gasteiger partial charge in [0.05, 0.1) is 6.54 Å². The summed E-state index contributed by atoms with van der Waals surface area (Å²) >= 11 is 0. The van der Waals surface area contributed by atoms with E-state index in [1.807, 2.05) is 49.4 Å². The molecule has 4 nitrogen and oxygen atoms in total. The molecule has 0 saturated heterocycles. The van der Waals surface area contributed by atoms with Crippen LogP contribution in [0.1, 0.15) is 23.4 Å². The van der Waals surface area contributed by atoms with Crippen molar-refractivity contribution in [1.29, 1.82) is 0 Å². The van der Waals surface area contributed by atoms with Crippen molar-refractivity contribution in [2.24, 2.45) is 0 Å². The molecule has 0 spiro atoms. The molecule has 2 N–H and O–H groups in total. The summed E-state index contributed by atoms with van der Waals surface area (Å²) in [6, 6.07) is 16.2. The molecule has 0 fully saturated rings. The first-order valence-corrected chi connectivity index (χ1v) is 8.36. The Labute approximate surface area is 154 Å². The summed E-state index contributed by atoms with van der Waals surface area (Å²) in [5.74, 6) is 1.57. The van der Waals surface area contributed by atoms with E-state index in [4.69, 9.17) is 15.1 Å². The quantitative estimate of drug-likeness (QED) is 0.697. The van der Waals surface area contributed by atoms with Crippen LogP contribution in [0.15, 0.2) is 52.9 Å². The molecule has 130 valence electrons. The van der Waals surface area contributed by atoms with Gasteiger partial charge in [0.15, 0.2) is 0 Å². The second-order valence-corrected chi connectivity index (χ2v) is 6.26. The molecule has 25 heavy (non-hydrogen) atoms. The van der Waals surface area contributed by atoms with E-state index >= 15 is 0 Å². The largest absolute Gasteiger partial charge is 0.441 e. The molecule has 0 saturated carbocycles. The van der Waals surface area contributed by atoms with Crippen LogP contribution in [-0.2, 0) is 13.0 Å². The smallest absolute Gasteiger partial charge is 0.226 e. The van der Waals surface area contributed by atoms with Gasteiger partial charge in [0.25, 0.3) is 0 Å². The van der Waals surface area contributed by atoms with Gasteiger partial charge in [0.2, 0.25) is 5.89 Å². The maximum absolute atomic E-state index is 6.15. The maximum atomic E-state index is 6.15. The van der Waals surface area contributed by atoms with Gasteiger partial charge in [0.1, 0.15) is 11.5 Å². The molecule has 5 heteroatoms. The molecule has 1 aliphatic rings. The van der Waals surface area contributed by atoms with Crippen LogP contribution in [0.5, 0.6) is 0 Å². The zero-order valence-electron chi connectivity index (χ0n) is 14.2. The lowest BCUT2D eigenvalue weighted by Gasteiger charge is -2.31. The van der Waals surface area contributed by atoms with Gasteiger partial charge in [-0.2, -0.15) is 0 Å². The van der Waals surface area contributed by atoms with Crippen LogP contribution in [0, 0.1) is 6.92 Å². The van der Waals surface area contributed by atoms with E-state index in [9.17, 15) is 0 Å². The van der Waals surface area contributed by atoms with Crippen LogP contribution in [-0.4, -0.2) is 11.5 Å². The van der Waals surface area contributed by atoms with Gasteiger partial charge < -0.3 is 15.1 Å². The highest BCUT2D eigenvalue weighted by Gasteiger charge is 2.21. The molecule has 0 bridgehead atoms. The monoisotopic (exact) mass is 355 g/mol. The van der Waals surface area contributed by atoms with Gasteiger partial charge in [-0.15, -0.1) is 12.4 Å². The number of nitrogens with zero attached hydrogens (tertiary/aromatic N) is 2. The molecule has 0 unspecified atom stereocenters. The summed E-state index contributed by atoms with van der Waals surface area (Å²) in [7, 11) is 0. The minimum absolute atomic E-state index is 0. The highest BCUT2D eigenvalue weighted by Crippen LogP contribution is 2.33. The number of aromatic nitrogens is 1. The van der Waals surface area contributed by atoms with Crippen molar-refractivity contribution in [1.82, 2.24) is 4.98 Å². The Morgan fingerprint density at radius 2 is 1.92 bits per heavy atom. The van der Waals surface area contributed by atoms with Gasteiger partial charge in [-0.05, 0) is 49.6 Å². The van der Waals surface area contributed by atoms with Crippen LogP contribution in [0.25, 0.3) is 11.5 Å². The summed E-state index contributed by atoms with van der Waals surface area (Å²) in [6.45, 7) is 3.75. The maximum Gasteiger partial charge on any atom is 0.226 e. The number of anilines is 2. The van der Waals surface area contributed by atoms with Gasteiger partial charge >= 0.3 is 0 Å². The summed E-state index contributed by atoms with van der Waals surface area (Å²) in [4.78, 5) is 7.09. The normalized spacial score (nSPS) is 13.2. The molecule has 1 aromatic heterocycles. The molecule has 2 heterocycles. The van der Waals surface area contributed by atoms with Crippen LogP contribution in [0.2, 0.25) is 0 Å². The van der Waals surface area contributed by atoms with E-state index in [1.54, 1.807) is 0 Å². The minimum Gasteiger partial charge on any atom is -0.441 e. The number of hydrogen-bond donors (Lipinski definition) is 1. The van der Waals surface area contributed by atoms with Crippen molar-refractivity contribution in [3.8, 4) is 11.5 Å². The number of halogens is 1. The lowest BCUT2D eigenvalue weighted by atomic mass is 9.99. The van der Waals surface area contributed by atoms with E-state index in [1.165, 1.54) is 11.3 Å². The van der Waals surface area contributed by atoms with Crippen molar-refractivity contribution in [2.75, 3.05) is 17.2 Å². The predicted octanol–water partition coefficient (Wildman–Crippen LogP) is 4.61. The molecular weight excluding hydrogens is 334 g/mol. The fraction of sp³-hybridized carbons (Fsp3) is 0.250. The Morgan fingerprint density at radius 1 is 1.12 bits per heavy atom. The molecule has 0 atom stereocenters. The fourth-order valence-electron chi connectivity index (χ4n) is 3.35. The average Bonchev–Trinajstić information content (AvgIpc) is 2.97. The Bertz CT molecular complexity index is 861. The molecular formula is C20H22ClN3O. The fourth-order valence-corrected chi connectivity index (χ4v) is 3.35. The highest BCUT2D eigenvalue weighted by atomic mass is 35.5. The molecule has 0 radical (unpaired) electrons. The molecule has 0 aliphatic carbocycles. The Morgan fingerprint density at radius 3 is 2.72 bits per heavy atom. The van der Waals surface area contributed by atoms with Gasteiger partial charge in [0, 0.05) is 23.5 Å². The first kappa shape index (κ1) is 17.4. The van der Waals surface area contributed by atoms with E-state index in [0.29, 0.717) is 5.89 Å². The first-order valence-electron chi connectivity index (χ1n) is 8.36. The zero-order valence-corrected chi connectivity index (χ0v) is 15.1. The van der Waals surface area contributed by atoms with E-state index in [-0.39, 0.29) is 12.4 Å². The first-order chi connectivity index (χ1) is 11.7. The topological polar surface area (TPSA) is 55.3 Å². The number of nitrogen functional groups attached to an aromatic ring is 1. The van der Waals surface area contributed by atoms with Gasteiger partial charge in [-0.25, -0.2) is 4.98 Å². The van der Waals surface area contributed by atoms with Gasteiger partial charge in [-0.3, -0.25) is 0 Å². The Hall–Kier alpha value is -2.46. The molecule has 2 aromatic carbocycles. The number of fused-ring (bicyclic) bond motifs is 1. The lowest BCUT2D eigenvalue weighted by Crippen LogP contribution is -2.29. The zero-order chi connectivity index (χ0) is 16.5. The second kappa shape index (κ2) is 7.19. The van der Waals surface area contributed by atoms with Crippen LogP contribution >= 0.6 is 12.4 Å². The molecule has 4 rings (SSSR count). The number of oxazole rings is 1. The van der Waals surface area contributed by atoms with Crippen molar-refractivity contribution >= 4 is 23.8 Å². The third-order valence-corrected chi connectivity index (χ3v) is 4.64. The second-order valence-electron chi connectivity index (χ2n) is 6.26.